The zero-order chi connectivity index (χ0) is 13.1. The first kappa shape index (κ1) is 14.0. The quantitative estimate of drug-likeness (QED) is 0.772. The first-order valence-electron chi connectivity index (χ1n) is 5.34. The highest BCUT2D eigenvalue weighted by Crippen LogP contribution is 2.27. The number of hydrogen-bond acceptors (Lipinski definition) is 3. The summed E-state index contributed by atoms with van der Waals surface area (Å²) in [5.41, 5.74) is 0.854. The molecule has 0 spiro atoms. The van der Waals surface area contributed by atoms with E-state index in [4.69, 9.17) is 0 Å². The van der Waals surface area contributed by atoms with Crippen LogP contribution in [-0.2, 0) is 10.5 Å². The predicted molar refractivity (Wildman–Crippen MR) is 68.8 cm³/mol. The lowest BCUT2D eigenvalue weighted by Crippen LogP contribution is -2.08. The summed E-state index contributed by atoms with van der Waals surface area (Å²) < 4.78 is 18.2. The van der Waals surface area contributed by atoms with Gasteiger partial charge in [-0.2, -0.15) is 11.8 Å². The van der Waals surface area contributed by atoms with Crippen molar-refractivity contribution in [2.45, 2.75) is 31.3 Å². The van der Waals surface area contributed by atoms with Gasteiger partial charge in [0.1, 0.15) is 5.82 Å². The molecule has 0 fully saturated rings. The number of halogens is 1. The van der Waals surface area contributed by atoms with E-state index in [2.05, 4.69) is 25.5 Å². The van der Waals surface area contributed by atoms with Crippen molar-refractivity contribution < 1.29 is 13.9 Å². The number of thioether (sulfide) groups is 1. The van der Waals surface area contributed by atoms with Crippen LogP contribution in [0.2, 0.25) is 0 Å². The maximum absolute atomic E-state index is 13.6. The van der Waals surface area contributed by atoms with E-state index in [9.17, 15) is 9.18 Å². The molecule has 0 N–H and O–H groups in total. The zero-order valence-corrected chi connectivity index (χ0v) is 11.4. The van der Waals surface area contributed by atoms with Crippen molar-refractivity contribution in [2.24, 2.45) is 0 Å². The standard InChI is InChI=1S/C13H17FO2S/c1-13(2,3)17-8-9-5-6-10(11(14)7-9)12(15)16-4/h5-7H,8H2,1-4H3. The maximum atomic E-state index is 13.6. The monoisotopic (exact) mass is 256 g/mol. The van der Waals surface area contributed by atoms with Gasteiger partial charge in [0.2, 0.25) is 0 Å². The molecule has 0 unspecified atom stereocenters. The van der Waals surface area contributed by atoms with Crippen molar-refractivity contribution in [3.8, 4) is 0 Å². The Labute approximate surface area is 106 Å². The predicted octanol–water partition coefficient (Wildman–Crippen LogP) is 3.64. The molecule has 1 rings (SSSR count). The van der Waals surface area contributed by atoms with Crippen molar-refractivity contribution >= 4 is 17.7 Å². The minimum absolute atomic E-state index is 0.0167. The topological polar surface area (TPSA) is 26.3 Å². The fourth-order valence-electron chi connectivity index (χ4n) is 1.22. The highest BCUT2D eigenvalue weighted by molar-refractivity contribution is 7.99. The maximum Gasteiger partial charge on any atom is 0.340 e. The third-order valence-corrected chi connectivity index (χ3v) is 3.45. The first-order chi connectivity index (χ1) is 7.83. The van der Waals surface area contributed by atoms with Crippen molar-refractivity contribution in [1.82, 2.24) is 0 Å². The molecule has 0 atom stereocenters. The Morgan fingerprint density at radius 1 is 1.41 bits per heavy atom. The highest BCUT2D eigenvalue weighted by Gasteiger charge is 2.14. The molecule has 2 nitrogen and oxygen atoms in total. The van der Waals surface area contributed by atoms with Gasteiger partial charge in [0, 0.05) is 10.5 Å². The van der Waals surface area contributed by atoms with Crippen LogP contribution in [0, 0.1) is 5.82 Å². The van der Waals surface area contributed by atoms with Gasteiger partial charge in [0.05, 0.1) is 12.7 Å². The molecule has 0 radical (unpaired) electrons. The SMILES string of the molecule is COC(=O)c1ccc(CSC(C)(C)C)cc1F. The number of methoxy groups -OCH3 is 1. The van der Waals surface area contributed by atoms with Crippen LogP contribution in [0.1, 0.15) is 36.7 Å². The Hall–Kier alpha value is -1.03. The summed E-state index contributed by atoms with van der Waals surface area (Å²) in [7, 11) is 1.24. The number of hydrogen-bond donors (Lipinski definition) is 0. The molecule has 0 aromatic heterocycles. The van der Waals surface area contributed by atoms with Gasteiger partial charge in [-0.15, -0.1) is 0 Å². The van der Waals surface area contributed by atoms with E-state index in [1.54, 1.807) is 17.8 Å². The van der Waals surface area contributed by atoms with Gasteiger partial charge in [-0.3, -0.25) is 0 Å². The molecule has 94 valence electrons. The normalized spacial score (nSPS) is 11.4. The van der Waals surface area contributed by atoms with Gasteiger partial charge in [-0.1, -0.05) is 26.8 Å². The molecule has 0 aliphatic carbocycles. The summed E-state index contributed by atoms with van der Waals surface area (Å²) in [6, 6.07) is 4.62. The first-order valence-corrected chi connectivity index (χ1v) is 6.33. The van der Waals surface area contributed by atoms with Crippen LogP contribution < -0.4 is 0 Å². The van der Waals surface area contributed by atoms with Crippen molar-refractivity contribution in [1.29, 1.82) is 0 Å². The molecule has 0 saturated carbocycles. The van der Waals surface area contributed by atoms with E-state index in [1.165, 1.54) is 19.2 Å². The molecule has 1 aromatic rings. The molecule has 1 aromatic carbocycles. The molecule has 0 bridgehead atoms. The van der Waals surface area contributed by atoms with E-state index in [-0.39, 0.29) is 10.3 Å². The Morgan fingerprint density at radius 3 is 2.53 bits per heavy atom. The minimum atomic E-state index is -0.641. The van der Waals surface area contributed by atoms with Crippen LogP contribution in [0.5, 0.6) is 0 Å². The Balaban J connectivity index is 2.79. The van der Waals surface area contributed by atoms with Gasteiger partial charge in [-0.25, -0.2) is 9.18 Å². The van der Waals surface area contributed by atoms with E-state index in [0.717, 1.165) is 11.3 Å². The second-order valence-corrected chi connectivity index (χ2v) is 6.51. The number of carbonyl (C=O) groups is 1. The smallest absolute Gasteiger partial charge is 0.340 e. The van der Waals surface area contributed by atoms with Crippen LogP contribution in [0.15, 0.2) is 18.2 Å². The molecule has 17 heavy (non-hydrogen) atoms. The third-order valence-electron chi connectivity index (χ3n) is 2.11. The lowest BCUT2D eigenvalue weighted by molar-refractivity contribution is 0.0595. The van der Waals surface area contributed by atoms with Crippen LogP contribution in [0.3, 0.4) is 0 Å². The molecule has 0 saturated heterocycles. The van der Waals surface area contributed by atoms with Gasteiger partial charge in [-0.05, 0) is 17.7 Å². The molecule has 0 amide bonds. The number of rotatable bonds is 3. The molecular weight excluding hydrogens is 239 g/mol. The molecule has 0 heterocycles. The van der Waals surface area contributed by atoms with Gasteiger partial charge in [0.25, 0.3) is 0 Å². The van der Waals surface area contributed by atoms with Crippen molar-refractivity contribution in [3.63, 3.8) is 0 Å². The van der Waals surface area contributed by atoms with Gasteiger partial charge in [0.15, 0.2) is 0 Å². The number of carbonyl (C=O) groups excluding carboxylic acids is 1. The number of benzene rings is 1. The zero-order valence-electron chi connectivity index (χ0n) is 10.5. The molecule has 0 aliphatic heterocycles. The second-order valence-electron chi connectivity index (χ2n) is 4.71. The largest absolute Gasteiger partial charge is 0.465 e. The summed E-state index contributed by atoms with van der Waals surface area (Å²) in [6.07, 6.45) is 0. The molecule has 0 aliphatic rings. The molecule has 4 heteroatoms. The minimum Gasteiger partial charge on any atom is -0.465 e. The average molecular weight is 256 g/mol. The summed E-state index contributed by atoms with van der Waals surface area (Å²) in [5.74, 6) is -0.441. The van der Waals surface area contributed by atoms with Crippen LogP contribution in [0.25, 0.3) is 0 Å². The van der Waals surface area contributed by atoms with Crippen LogP contribution in [-0.4, -0.2) is 17.8 Å². The second kappa shape index (κ2) is 5.54. The average Bonchev–Trinajstić information content (AvgIpc) is 2.24. The van der Waals surface area contributed by atoms with E-state index in [1.807, 2.05) is 0 Å². The van der Waals surface area contributed by atoms with E-state index < -0.39 is 11.8 Å². The number of ether oxygens (including phenoxy) is 1. The third kappa shape index (κ3) is 4.38. The van der Waals surface area contributed by atoms with Crippen LogP contribution >= 0.6 is 11.8 Å². The lowest BCUT2D eigenvalue weighted by Gasteiger charge is -2.17. The van der Waals surface area contributed by atoms with Gasteiger partial charge < -0.3 is 4.74 Å². The van der Waals surface area contributed by atoms with E-state index in [0.29, 0.717) is 0 Å². The molecular formula is C13H17FO2S. The number of esters is 1. The lowest BCUT2D eigenvalue weighted by atomic mass is 10.1. The highest BCUT2D eigenvalue weighted by atomic mass is 32.2. The van der Waals surface area contributed by atoms with Crippen molar-refractivity contribution in [3.05, 3.63) is 35.1 Å². The van der Waals surface area contributed by atoms with E-state index >= 15 is 0 Å². The van der Waals surface area contributed by atoms with Gasteiger partial charge >= 0.3 is 5.97 Å². The Morgan fingerprint density at radius 2 is 2.06 bits per heavy atom. The summed E-state index contributed by atoms with van der Waals surface area (Å²) >= 11 is 1.73. The summed E-state index contributed by atoms with van der Waals surface area (Å²) in [6.45, 7) is 6.32. The van der Waals surface area contributed by atoms with Crippen LogP contribution in [0.4, 0.5) is 4.39 Å². The van der Waals surface area contributed by atoms with Crippen molar-refractivity contribution in [2.75, 3.05) is 7.11 Å². The fourth-order valence-corrected chi connectivity index (χ4v) is 2.00. The Bertz CT molecular complexity index is 410. The fraction of sp³-hybridized carbons (Fsp3) is 0.462. The Kier molecular flexibility index (Phi) is 4.57. The summed E-state index contributed by atoms with van der Waals surface area (Å²) in [4.78, 5) is 11.2. The summed E-state index contributed by atoms with van der Waals surface area (Å²) in [5, 5.41) is 0.